The number of aromatic nitrogens is 3. The van der Waals surface area contributed by atoms with E-state index in [0.29, 0.717) is 22.5 Å². The van der Waals surface area contributed by atoms with Gasteiger partial charge in [-0.1, -0.05) is 6.07 Å². The van der Waals surface area contributed by atoms with Crippen molar-refractivity contribution in [3.63, 3.8) is 0 Å². The molecule has 0 spiro atoms. The standard InChI is InChI=1S/C18H15FN4O2/c1-11-8-12(5-6-14(11)19)15-9-16(23-18(25)22-15)17(24)21-10-13-4-2-3-7-20-13/h2-9H,10H2,1H3,(H,21,24)(H,22,23,25). The maximum Gasteiger partial charge on any atom is 0.346 e. The maximum absolute atomic E-state index is 13.4. The number of pyridine rings is 1. The van der Waals surface area contributed by atoms with Crippen molar-refractivity contribution in [2.24, 2.45) is 0 Å². The summed E-state index contributed by atoms with van der Waals surface area (Å²) in [6.45, 7) is 1.85. The normalized spacial score (nSPS) is 10.5. The summed E-state index contributed by atoms with van der Waals surface area (Å²) in [6, 6.07) is 11.2. The number of H-pyrrole nitrogens is 1. The van der Waals surface area contributed by atoms with Crippen LogP contribution in [-0.4, -0.2) is 20.9 Å². The van der Waals surface area contributed by atoms with Gasteiger partial charge in [-0.15, -0.1) is 0 Å². The van der Waals surface area contributed by atoms with Crippen LogP contribution >= 0.6 is 0 Å². The van der Waals surface area contributed by atoms with Crippen molar-refractivity contribution in [3.8, 4) is 11.3 Å². The molecule has 0 atom stereocenters. The van der Waals surface area contributed by atoms with E-state index in [2.05, 4.69) is 20.3 Å². The van der Waals surface area contributed by atoms with Gasteiger partial charge in [-0.25, -0.2) is 9.18 Å². The number of carbonyl (C=O) groups is 1. The van der Waals surface area contributed by atoms with Gasteiger partial charge in [0.25, 0.3) is 5.91 Å². The van der Waals surface area contributed by atoms with Gasteiger partial charge in [-0.05, 0) is 48.9 Å². The highest BCUT2D eigenvalue weighted by Gasteiger charge is 2.11. The molecular formula is C18H15FN4O2. The number of carbonyl (C=O) groups excluding carboxylic acids is 1. The number of halogens is 1. The fourth-order valence-electron chi connectivity index (χ4n) is 2.30. The molecule has 0 radical (unpaired) electrons. The van der Waals surface area contributed by atoms with Crippen LogP contribution in [0.5, 0.6) is 0 Å². The predicted octanol–water partition coefficient (Wildman–Crippen LogP) is 2.21. The summed E-state index contributed by atoms with van der Waals surface area (Å²) in [5.74, 6) is -0.799. The average Bonchev–Trinajstić information content (AvgIpc) is 2.62. The highest BCUT2D eigenvalue weighted by molar-refractivity contribution is 5.93. The second kappa shape index (κ2) is 7.04. The van der Waals surface area contributed by atoms with Crippen LogP contribution in [0.15, 0.2) is 53.5 Å². The molecule has 25 heavy (non-hydrogen) atoms. The zero-order chi connectivity index (χ0) is 17.8. The molecule has 0 bridgehead atoms. The predicted molar refractivity (Wildman–Crippen MR) is 90.4 cm³/mol. The minimum Gasteiger partial charge on any atom is -0.345 e. The van der Waals surface area contributed by atoms with E-state index in [1.54, 1.807) is 31.3 Å². The Kier molecular flexibility index (Phi) is 4.65. The maximum atomic E-state index is 13.4. The van der Waals surface area contributed by atoms with Crippen LogP contribution in [0.25, 0.3) is 11.3 Å². The molecule has 0 fully saturated rings. The molecule has 2 heterocycles. The highest BCUT2D eigenvalue weighted by atomic mass is 19.1. The van der Waals surface area contributed by atoms with E-state index in [0.717, 1.165) is 0 Å². The molecule has 1 amide bonds. The molecule has 3 aromatic rings. The lowest BCUT2D eigenvalue weighted by molar-refractivity contribution is 0.0945. The zero-order valence-corrected chi connectivity index (χ0v) is 13.4. The second-order valence-electron chi connectivity index (χ2n) is 5.45. The molecule has 0 aliphatic carbocycles. The largest absolute Gasteiger partial charge is 0.346 e. The summed E-state index contributed by atoms with van der Waals surface area (Å²) in [5, 5.41) is 2.68. The van der Waals surface area contributed by atoms with Gasteiger partial charge in [-0.2, -0.15) is 4.98 Å². The van der Waals surface area contributed by atoms with Crippen molar-refractivity contribution in [2.75, 3.05) is 0 Å². The van der Waals surface area contributed by atoms with Crippen LogP contribution in [0.2, 0.25) is 0 Å². The number of amides is 1. The van der Waals surface area contributed by atoms with Crippen LogP contribution < -0.4 is 11.0 Å². The third kappa shape index (κ3) is 3.95. The Labute approximate surface area is 142 Å². The van der Waals surface area contributed by atoms with E-state index in [9.17, 15) is 14.0 Å². The highest BCUT2D eigenvalue weighted by Crippen LogP contribution is 2.19. The fraction of sp³-hybridized carbons (Fsp3) is 0.111. The number of hydrogen-bond acceptors (Lipinski definition) is 4. The minimum absolute atomic E-state index is 0.0768. The van der Waals surface area contributed by atoms with Crippen LogP contribution in [0.4, 0.5) is 4.39 Å². The number of aromatic amines is 1. The molecule has 3 rings (SSSR count). The number of hydrogen-bond donors (Lipinski definition) is 2. The van der Waals surface area contributed by atoms with E-state index in [-0.39, 0.29) is 18.1 Å². The third-order valence-electron chi connectivity index (χ3n) is 3.60. The topological polar surface area (TPSA) is 87.7 Å². The molecule has 0 aliphatic heterocycles. The molecule has 2 N–H and O–H groups in total. The summed E-state index contributed by atoms with van der Waals surface area (Å²) in [6.07, 6.45) is 1.63. The molecule has 0 unspecified atom stereocenters. The lowest BCUT2D eigenvalue weighted by Crippen LogP contribution is -2.27. The first-order valence-electron chi connectivity index (χ1n) is 7.59. The number of nitrogens with zero attached hydrogens (tertiary/aromatic N) is 2. The average molecular weight is 338 g/mol. The molecule has 0 saturated heterocycles. The lowest BCUT2D eigenvalue weighted by Gasteiger charge is -2.07. The summed E-state index contributed by atoms with van der Waals surface area (Å²) in [7, 11) is 0. The van der Waals surface area contributed by atoms with Gasteiger partial charge in [0.05, 0.1) is 17.9 Å². The quantitative estimate of drug-likeness (QED) is 0.763. The fourth-order valence-corrected chi connectivity index (χ4v) is 2.30. The van der Waals surface area contributed by atoms with E-state index in [1.165, 1.54) is 18.2 Å². The van der Waals surface area contributed by atoms with Gasteiger partial charge >= 0.3 is 5.69 Å². The monoisotopic (exact) mass is 338 g/mol. The summed E-state index contributed by atoms with van der Waals surface area (Å²) in [4.78, 5) is 34.4. The van der Waals surface area contributed by atoms with Crippen molar-refractivity contribution in [3.05, 3.63) is 81.9 Å². The summed E-state index contributed by atoms with van der Waals surface area (Å²) >= 11 is 0. The molecule has 6 nitrogen and oxygen atoms in total. The van der Waals surface area contributed by atoms with Gasteiger partial charge in [0.1, 0.15) is 11.5 Å². The first kappa shape index (κ1) is 16.5. The van der Waals surface area contributed by atoms with Crippen LogP contribution in [-0.2, 0) is 6.54 Å². The molecule has 0 aliphatic rings. The molecule has 1 aromatic carbocycles. The van der Waals surface area contributed by atoms with Crippen LogP contribution in [0, 0.1) is 12.7 Å². The Hall–Kier alpha value is -3.35. The van der Waals surface area contributed by atoms with E-state index >= 15 is 0 Å². The Bertz CT molecular complexity index is 970. The number of rotatable bonds is 4. The molecule has 0 saturated carbocycles. The van der Waals surface area contributed by atoms with Gasteiger partial charge in [0, 0.05) is 11.8 Å². The number of nitrogens with one attached hydrogen (secondary N) is 2. The van der Waals surface area contributed by atoms with Crippen molar-refractivity contribution < 1.29 is 9.18 Å². The third-order valence-corrected chi connectivity index (χ3v) is 3.60. The molecular weight excluding hydrogens is 323 g/mol. The van der Waals surface area contributed by atoms with E-state index in [4.69, 9.17) is 0 Å². The molecule has 7 heteroatoms. The minimum atomic E-state index is -0.650. The van der Waals surface area contributed by atoms with Crippen molar-refractivity contribution in [1.29, 1.82) is 0 Å². The molecule has 2 aromatic heterocycles. The second-order valence-corrected chi connectivity index (χ2v) is 5.45. The van der Waals surface area contributed by atoms with Gasteiger partial charge in [-0.3, -0.25) is 9.78 Å². The van der Waals surface area contributed by atoms with Crippen molar-refractivity contribution >= 4 is 5.91 Å². The first-order valence-corrected chi connectivity index (χ1v) is 7.59. The summed E-state index contributed by atoms with van der Waals surface area (Å²) < 4.78 is 13.4. The Morgan fingerprint density at radius 3 is 2.80 bits per heavy atom. The van der Waals surface area contributed by atoms with Gasteiger partial charge < -0.3 is 10.3 Å². The SMILES string of the molecule is Cc1cc(-c2cc(C(=O)NCc3ccccn3)[nH]c(=O)n2)ccc1F. The van der Waals surface area contributed by atoms with Gasteiger partial charge in [0.15, 0.2) is 0 Å². The number of benzene rings is 1. The number of aryl methyl sites for hydroxylation is 1. The van der Waals surface area contributed by atoms with E-state index in [1.807, 2.05) is 6.07 Å². The van der Waals surface area contributed by atoms with Crippen molar-refractivity contribution in [2.45, 2.75) is 13.5 Å². The van der Waals surface area contributed by atoms with Gasteiger partial charge in [0.2, 0.25) is 0 Å². The lowest BCUT2D eigenvalue weighted by atomic mass is 10.1. The van der Waals surface area contributed by atoms with E-state index < -0.39 is 11.6 Å². The Morgan fingerprint density at radius 2 is 2.08 bits per heavy atom. The smallest absolute Gasteiger partial charge is 0.345 e. The van der Waals surface area contributed by atoms with Crippen LogP contribution in [0.3, 0.4) is 0 Å². The zero-order valence-electron chi connectivity index (χ0n) is 13.4. The van der Waals surface area contributed by atoms with Crippen LogP contribution in [0.1, 0.15) is 21.7 Å². The Balaban J connectivity index is 1.84. The first-order chi connectivity index (χ1) is 12.0. The summed E-state index contributed by atoms with van der Waals surface area (Å²) in [5.41, 5.74) is 1.41. The Morgan fingerprint density at radius 1 is 1.24 bits per heavy atom. The molecule has 126 valence electrons. The van der Waals surface area contributed by atoms with Crippen molar-refractivity contribution in [1.82, 2.24) is 20.3 Å².